The number of rotatable bonds is 5. The van der Waals surface area contributed by atoms with Crippen LogP contribution in [0.2, 0.25) is 0 Å². The molecule has 4 rings (SSSR count). The number of hydrogen-bond donors (Lipinski definition) is 1. The molecule has 0 aromatic carbocycles. The van der Waals surface area contributed by atoms with Gasteiger partial charge in [0.05, 0.1) is 0 Å². The predicted molar refractivity (Wildman–Crippen MR) is 105 cm³/mol. The average Bonchev–Trinajstić information content (AvgIpc) is 2.67. The summed E-state index contributed by atoms with van der Waals surface area (Å²) >= 11 is 0. The Kier molecular flexibility index (Phi) is 5.12. The van der Waals surface area contributed by atoms with Gasteiger partial charge in [0, 0.05) is 25.0 Å². The van der Waals surface area contributed by atoms with Crippen molar-refractivity contribution in [2.45, 2.75) is 45.8 Å². The summed E-state index contributed by atoms with van der Waals surface area (Å²) < 4.78 is 11.4. The topological polar surface area (TPSA) is 64.4 Å². The van der Waals surface area contributed by atoms with Gasteiger partial charge in [0.2, 0.25) is 0 Å². The highest BCUT2D eigenvalue weighted by atomic mass is 16.5. The number of aryl methyl sites for hydroxylation is 1. The molecule has 3 heterocycles. The molecule has 1 N–H and O–H groups in total. The quantitative estimate of drug-likeness (QED) is 0.874. The van der Waals surface area contributed by atoms with Crippen molar-refractivity contribution in [2.75, 3.05) is 6.54 Å². The second-order valence-corrected chi connectivity index (χ2v) is 7.75. The lowest BCUT2D eigenvalue weighted by molar-refractivity contribution is 0.140. The van der Waals surface area contributed by atoms with Crippen LogP contribution in [0.1, 0.15) is 43.1 Å². The minimum Gasteiger partial charge on any atom is -0.485 e. The van der Waals surface area contributed by atoms with Gasteiger partial charge < -0.3 is 14.5 Å². The lowest BCUT2D eigenvalue weighted by Crippen LogP contribution is -2.36. The fourth-order valence-electron chi connectivity index (χ4n) is 4.13. The summed E-state index contributed by atoms with van der Waals surface area (Å²) in [6.07, 6.45) is 8.86. The van der Waals surface area contributed by atoms with Crippen molar-refractivity contribution in [2.24, 2.45) is 11.8 Å². The lowest BCUT2D eigenvalue weighted by atomic mass is 9.76. The van der Waals surface area contributed by atoms with Crippen LogP contribution in [0.3, 0.4) is 0 Å². The highest BCUT2D eigenvalue weighted by molar-refractivity contribution is 5.62. The third-order valence-electron chi connectivity index (χ3n) is 5.76. The molecule has 5 heteroatoms. The summed E-state index contributed by atoms with van der Waals surface area (Å²) in [6.45, 7) is 5.95. The van der Waals surface area contributed by atoms with Crippen molar-refractivity contribution in [1.82, 2.24) is 10.3 Å². The van der Waals surface area contributed by atoms with E-state index in [9.17, 15) is 4.79 Å². The van der Waals surface area contributed by atoms with Gasteiger partial charge in [-0.3, -0.25) is 4.98 Å². The van der Waals surface area contributed by atoms with Crippen molar-refractivity contribution in [3.63, 3.8) is 0 Å². The summed E-state index contributed by atoms with van der Waals surface area (Å²) in [5, 5.41) is 3.56. The van der Waals surface area contributed by atoms with Gasteiger partial charge in [0.25, 0.3) is 0 Å². The Labute approximate surface area is 159 Å². The first kappa shape index (κ1) is 18.0. The van der Waals surface area contributed by atoms with Gasteiger partial charge in [-0.2, -0.15) is 0 Å². The zero-order chi connectivity index (χ0) is 18.8. The Morgan fingerprint density at radius 3 is 2.96 bits per heavy atom. The molecule has 0 saturated heterocycles. The molecule has 1 saturated carbocycles. The number of aromatic nitrogens is 1. The highest BCUT2D eigenvalue weighted by Gasteiger charge is 2.33. The van der Waals surface area contributed by atoms with Crippen LogP contribution in [0.25, 0.3) is 6.08 Å². The van der Waals surface area contributed by atoms with Gasteiger partial charge in [-0.25, -0.2) is 4.79 Å². The van der Waals surface area contributed by atoms with E-state index in [0.717, 1.165) is 32.4 Å². The maximum Gasteiger partial charge on any atom is 0.346 e. The summed E-state index contributed by atoms with van der Waals surface area (Å²) in [5.74, 6) is 2.44. The molecule has 3 atom stereocenters. The molecule has 142 valence electrons. The molecule has 1 fully saturated rings. The highest BCUT2D eigenvalue weighted by Crippen LogP contribution is 2.40. The largest absolute Gasteiger partial charge is 0.485 e. The molecule has 0 amide bonds. The second-order valence-electron chi connectivity index (χ2n) is 7.75. The van der Waals surface area contributed by atoms with Crippen LogP contribution >= 0.6 is 0 Å². The number of nitrogens with zero attached hydrogens (tertiary/aromatic N) is 1. The van der Waals surface area contributed by atoms with E-state index >= 15 is 0 Å². The standard InChI is InChI=1S/C22H26N2O3/c1-14(12-24-13-16-5-7-23-8-6-16)17-3-4-18-10-19-21(27-20(18)11-17)9-15(2)26-22(19)25/h5-10,14,17,20,24H,3-4,11-13H2,1-2H3/t14?,17-,20-/m0/s1. The number of ether oxygens (including phenoxy) is 1. The van der Waals surface area contributed by atoms with Gasteiger partial charge >= 0.3 is 5.63 Å². The molecule has 5 nitrogen and oxygen atoms in total. The van der Waals surface area contributed by atoms with E-state index in [1.54, 1.807) is 6.92 Å². The minimum absolute atomic E-state index is 0.0834. The van der Waals surface area contributed by atoms with Crippen molar-refractivity contribution < 1.29 is 9.15 Å². The molecule has 0 spiro atoms. The Balaban J connectivity index is 1.36. The maximum absolute atomic E-state index is 12.1. The van der Waals surface area contributed by atoms with E-state index in [1.807, 2.05) is 36.7 Å². The van der Waals surface area contributed by atoms with Gasteiger partial charge in [-0.1, -0.05) is 6.92 Å². The van der Waals surface area contributed by atoms with Gasteiger partial charge in [-0.15, -0.1) is 0 Å². The van der Waals surface area contributed by atoms with Crippen LogP contribution in [0.4, 0.5) is 0 Å². The smallest absolute Gasteiger partial charge is 0.346 e. The van der Waals surface area contributed by atoms with Crippen molar-refractivity contribution in [3.05, 3.63) is 63.5 Å². The Morgan fingerprint density at radius 2 is 2.15 bits per heavy atom. The first-order chi connectivity index (χ1) is 13.1. The average molecular weight is 366 g/mol. The van der Waals surface area contributed by atoms with Gasteiger partial charge in [0.1, 0.15) is 23.2 Å². The number of nitrogens with one attached hydrogen (secondary N) is 1. The van der Waals surface area contributed by atoms with Crippen molar-refractivity contribution in [1.29, 1.82) is 0 Å². The molecule has 27 heavy (non-hydrogen) atoms. The molecule has 0 bridgehead atoms. The van der Waals surface area contributed by atoms with Gasteiger partial charge in [0.15, 0.2) is 0 Å². The molecule has 2 aromatic rings. The van der Waals surface area contributed by atoms with E-state index < -0.39 is 0 Å². The second kappa shape index (κ2) is 7.69. The molecule has 0 radical (unpaired) electrons. The van der Waals surface area contributed by atoms with Crippen LogP contribution in [0, 0.1) is 18.8 Å². The van der Waals surface area contributed by atoms with Crippen LogP contribution in [0.5, 0.6) is 5.75 Å². The van der Waals surface area contributed by atoms with Crippen LogP contribution in [-0.4, -0.2) is 17.6 Å². The van der Waals surface area contributed by atoms with Crippen LogP contribution in [0.15, 0.2) is 45.4 Å². The van der Waals surface area contributed by atoms with Gasteiger partial charge in [-0.05, 0) is 73.9 Å². The minimum atomic E-state index is -0.299. The van der Waals surface area contributed by atoms with Crippen LogP contribution < -0.4 is 15.7 Å². The maximum atomic E-state index is 12.1. The first-order valence-electron chi connectivity index (χ1n) is 9.71. The third-order valence-corrected chi connectivity index (χ3v) is 5.76. The number of fused-ring (bicyclic) bond motifs is 2. The SMILES string of the molecule is Cc1cc2c(c(=O)o1)C=C1CC[C@H](C(C)CNCc3ccncc3)C[C@@H]1O2. The molecular formula is C22H26N2O3. The monoisotopic (exact) mass is 366 g/mol. The fourth-order valence-corrected chi connectivity index (χ4v) is 4.13. The third kappa shape index (κ3) is 3.98. The van der Waals surface area contributed by atoms with E-state index in [0.29, 0.717) is 28.9 Å². The lowest BCUT2D eigenvalue weighted by Gasteiger charge is -2.37. The molecule has 2 aromatic heterocycles. The van der Waals surface area contributed by atoms with Crippen molar-refractivity contribution in [3.8, 4) is 5.75 Å². The summed E-state index contributed by atoms with van der Waals surface area (Å²) in [7, 11) is 0. The molecular weight excluding hydrogens is 340 g/mol. The number of hydrogen-bond acceptors (Lipinski definition) is 5. The Morgan fingerprint density at radius 1 is 1.33 bits per heavy atom. The predicted octanol–water partition coefficient (Wildman–Crippen LogP) is 3.71. The number of pyridine rings is 1. The van der Waals surface area contributed by atoms with E-state index in [-0.39, 0.29) is 11.7 Å². The normalized spacial score (nSPS) is 22.2. The fraction of sp³-hybridized carbons (Fsp3) is 0.455. The Bertz CT molecular complexity index is 888. The molecule has 1 aliphatic carbocycles. The Hall–Kier alpha value is -2.40. The molecule has 2 aliphatic rings. The first-order valence-corrected chi connectivity index (χ1v) is 9.71. The summed E-state index contributed by atoms with van der Waals surface area (Å²) in [4.78, 5) is 16.1. The summed E-state index contributed by atoms with van der Waals surface area (Å²) in [5.41, 5.74) is 2.75. The van der Waals surface area contributed by atoms with E-state index in [1.165, 1.54) is 11.1 Å². The summed E-state index contributed by atoms with van der Waals surface area (Å²) in [6, 6.07) is 5.91. The zero-order valence-corrected chi connectivity index (χ0v) is 15.9. The van der Waals surface area contributed by atoms with Crippen molar-refractivity contribution >= 4 is 6.08 Å². The van der Waals surface area contributed by atoms with E-state index in [2.05, 4.69) is 17.2 Å². The molecule has 1 aliphatic heterocycles. The van der Waals surface area contributed by atoms with Crippen LogP contribution in [-0.2, 0) is 6.54 Å². The molecule has 1 unspecified atom stereocenters. The van der Waals surface area contributed by atoms with E-state index in [4.69, 9.17) is 9.15 Å². The zero-order valence-electron chi connectivity index (χ0n) is 15.9.